The number of hydrogen-bond donors (Lipinski definition) is 1. The van der Waals surface area contributed by atoms with E-state index in [1.807, 2.05) is 0 Å². The summed E-state index contributed by atoms with van der Waals surface area (Å²) in [7, 11) is -4.12. The van der Waals surface area contributed by atoms with E-state index in [2.05, 4.69) is 27.7 Å². The molecule has 9 heteroatoms. The van der Waals surface area contributed by atoms with Gasteiger partial charge in [-0.25, -0.2) is 4.68 Å². The second kappa shape index (κ2) is 3.85. The topological polar surface area (TPSA) is 98.0 Å². The van der Waals surface area contributed by atoms with E-state index in [4.69, 9.17) is 4.55 Å². The summed E-state index contributed by atoms with van der Waals surface area (Å²) < 4.78 is 30.4. The van der Waals surface area contributed by atoms with Crippen molar-refractivity contribution in [3.05, 3.63) is 5.82 Å². The van der Waals surface area contributed by atoms with Crippen LogP contribution in [0.5, 0.6) is 0 Å². The van der Waals surface area contributed by atoms with E-state index >= 15 is 0 Å². The molecule has 0 aliphatic heterocycles. The molecule has 0 saturated carbocycles. The van der Waals surface area contributed by atoms with Crippen molar-refractivity contribution in [2.75, 3.05) is 0 Å². The lowest BCUT2D eigenvalue weighted by Crippen LogP contribution is -2.14. The van der Waals surface area contributed by atoms with Crippen LogP contribution in [0.4, 0.5) is 0 Å². The molecule has 0 amide bonds. The van der Waals surface area contributed by atoms with Gasteiger partial charge >= 0.3 is 0 Å². The molecule has 0 bridgehead atoms. The Bertz CT molecular complexity index is 397. The third-order valence-corrected chi connectivity index (χ3v) is 1.89. The summed E-state index contributed by atoms with van der Waals surface area (Å²) in [4.78, 5) is 0. The Morgan fingerprint density at radius 2 is 2.31 bits per heavy atom. The summed E-state index contributed by atoms with van der Waals surface area (Å²) in [5, 5.41) is 11.5. The van der Waals surface area contributed by atoms with Crippen LogP contribution in [0.2, 0.25) is 0 Å². The molecule has 1 N–H and O–H groups in total. The second-order valence-electron chi connectivity index (χ2n) is 2.18. The van der Waals surface area contributed by atoms with Crippen LogP contribution in [-0.2, 0) is 22.4 Å². The van der Waals surface area contributed by atoms with Gasteiger partial charge in [-0.15, -0.1) is 5.10 Å². The zero-order valence-corrected chi connectivity index (χ0v) is 7.99. The number of nitrogens with zero attached hydrogens (tertiary/aromatic N) is 4. The molecule has 0 spiro atoms. The van der Waals surface area contributed by atoms with Crippen molar-refractivity contribution in [1.29, 1.82) is 0 Å². The van der Waals surface area contributed by atoms with Crippen molar-refractivity contribution in [3.8, 4) is 0 Å². The number of tetrazole rings is 1. The Balaban J connectivity index is 2.88. The maximum Gasteiger partial charge on any atom is 0.285 e. The van der Waals surface area contributed by atoms with E-state index in [1.54, 1.807) is 0 Å². The van der Waals surface area contributed by atoms with E-state index in [1.165, 1.54) is 5.37 Å². The first-order valence-electron chi connectivity index (χ1n) is 3.17. The number of hydrogen-bond acceptors (Lipinski definition) is 6. The largest absolute Gasteiger partial charge is 0.285 e. The Morgan fingerprint density at radius 3 is 2.85 bits per heavy atom. The summed E-state index contributed by atoms with van der Waals surface area (Å²) in [5.74, 6) is -0.356. The molecule has 0 aliphatic rings. The molecule has 0 atom stereocenters. The third kappa shape index (κ3) is 3.13. The van der Waals surface area contributed by atoms with Gasteiger partial charge in [0.2, 0.25) is 0 Å². The lowest BCUT2D eigenvalue weighted by molar-refractivity contribution is 0.463. The molecule has 0 aliphatic carbocycles. The Morgan fingerprint density at radius 1 is 1.62 bits per heavy atom. The first-order chi connectivity index (χ1) is 6.03. The molecule has 13 heavy (non-hydrogen) atoms. The molecule has 0 saturated heterocycles. The predicted molar refractivity (Wildman–Crippen MR) is 46.7 cm³/mol. The zero-order chi connectivity index (χ0) is 9.90. The predicted octanol–water partition coefficient (Wildman–Crippen LogP) is -0.939. The minimum Gasteiger partial charge on any atom is -0.284 e. The van der Waals surface area contributed by atoms with Crippen molar-refractivity contribution in [2.24, 2.45) is 0 Å². The van der Waals surface area contributed by atoms with Gasteiger partial charge in [-0.3, -0.25) is 4.55 Å². The van der Waals surface area contributed by atoms with Gasteiger partial charge in [0.1, 0.15) is 0 Å². The summed E-state index contributed by atoms with van der Waals surface area (Å²) in [6, 6.07) is 0. The molecular formula is C4H6N4O3S2. The van der Waals surface area contributed by atoms with Crippen LogP contribution in [0.15, 0.2) is 0 Å². The Labute approximate surface area is 79.5 Å². The van der Waals surface area contributed by atoms with Gasteiger partial charge < -0.3 is 0 Å². The average Bonchev–Trinajstić information content (AvgIpc) is 2.34. The number of thiocarbonyl (C=S) groups is 1. The normalized spacial score (nSPS) is 11.5. The van der Waals surface area contributed by atoms with E-state index in [-0.39, 0.29) is 6.42 Å². The quantitative estimate of drug-likeness (QED) is 0.518. The van der Waals surface area contributed by atoms with Gasteiger partial charge in [0, 0.05) is 6.42 Å². The monoisotopic (exact) mass is 222 g/mol. The van der Waals surface area contributed by atoms with E-state index in [0.717, 1.165) is 4.68 Å². The lowest BCUT2D eigenvalue weighted by Gasteiger charge is -1.98. The maximum absolute atomic E-state index is 10.5. The summed E-state index contributed by atoms with van der Waals surface area (Å²) >= 11 is 4.56. The Hall–Kier alpha value is -0.930. The lowest BCUT2D eigenvalue weighted by atomic mass is 10.5. The van der Waals surface area contributed by atoms with Crippen molar-refractivity contribution in [3.63, 3.8) is 0 Å². The molecule has 1 rings (SSSR count). The average molecular weight is 222 g/mol. The first-order valence-corrected chi connectivity index (χ1v) is 5.25. The van der Waals surface area contributed by atoms with E-state index < -0.39 is 16.0 Å². The van der Waals surface area contributed by atoms with Crippen LogP contribution in [0.3, 0.4) is 0 Å². The Kier molecular flexibility index (Phi) is 3.01. The summed E-state index contributed by atoms with van der Waals surface area (Å²) in [6.07, 6.45) is 0.276. The van der Waals surface area contributed by atoms with Crippen LogP contribution in [0.25, 0.3) is 0 Å². The molecule has 1 heterocycles. The van der Waals surface area contributed by atoms with Crippen LogP contribution in [0, 0.1) is 0 Å². The fourth-order valence-electron chi connectivity index (χ4n) is 0.699. The maximum atomic E-state index is 10.5. The molecule has 72 valence electrons. The molecule has 0 radical (unpaired) electrons. The number of aromatic nitrogens is 4. The SMILES string of the molecule is O=S(=O)(O)Cn1nnnc1CC=S. The van der Waals surface area contributed by atoms with Crippen LogP contribution < -0.4 is 0 Å². The minimum atomic E-state index is -4.12. The van der Waals surface area contributed by atoms with Gasteiger partial charge in [-0.2, -0.15) is 8.42 Å². The summed E-state index contributed by atoms with van der Waals surface area (Å²) in [5.41, 5.74) is 0. The van der Waals surface area contributed by atoms with Gasteiger partial charge in [0.05, 0.1) is 0 Å². The second-order valence-corrected chi connectivity index (χ2v) is 3.93. The highest BCUT2D eigenvalue weighted by Crippen LogP contribution is 1.95. The standard InChI is InChI=1S/C4H6N4O3S2/c9-13(10,11)3-8-4(1-2-12)5-6-7-8/h2H,1,3H2,(H,9,10,11). The molecule has 1 aromatic heterocycles. The van der Waals surface area contributed by atoms with Gasteiger partial charge in [0.15, 0.2) is 11.7 Å². The van der Waals surface area contributed by atoms with Crippen LogP contribution in [0.1, 0.15) is 5.82 Å². The molecule has 7 nitrogen and oxygen atoms in total. The van der Waals surface area contributed by atoms with Gasteiger partial charge in [0.25, 0.3) is 10.1 Å². The molecule has 1 aromatic rings. The highest BCUT2D eigenvalue weighted by molar-refractivity contribution is 7.84. The fourth-order valence-corrected chi connectivity index (χ4v) is 1.36. The zero-order valence-electron chi connectivity index (χ0n) is 6.36. The highest BCUT2D eigenvalue weighted by Gasteiger charge is 2.11. The fraction of sp³-hybridized carbons (Fsp3) is 0.500. The smallest absolute Gasteiger partial charge is 0.284 e. The van der Waals surface area contributed by atoms with E-state index in [9.17, 15) is 8.42 Å². The molecular weight excluding hydrogens is 216 g/mol. The molecule has 0 fully saturated rings. The first kappa shape index (κ1) is 10.2. The third-order valence-electron chi connectivity index (χ3n) is 1.16. The molecule has 0 aromatic carbocycles. The summed E-state index contributed by atoms with van der Waals surface area (Å²) in [6.45, 7) is 0. The highest BCUT2D eigenvalue weighted by atomic mass is 32.2. The van der Waals surface area contributed by atoms with Crippen LogP contribution >= 0.6 is 12.2 Å². The van der Waals surface area contributed by atoms with Crippen molar-refractivity contribution in [2.45, 2.75) is 12.3 Å². The minimum absolute atomic E-state index is 0.276. The van der Waals surface area contributed by atoms with Gasteiger partial charge in [-0.1, -0.05) is 12.2 Å². The number of rotatable bonds is 4. The van der Waals surface area contributed by atoms with E-state index in [0.29, 0.717) is 5.82 Å². The van der Waals surface area contributed by atoms with Gasteiger partial charge in [-0.05, 0) is 15.8 Å². The molecule has 0 unspecified atom stereocenters. The van der Waals surface area contributed by atoms with Crippen molar-refractivity contribution >= 4 is 27.7 Å². The van der Waals surface area contributed by atoms with Crippen LogP contribution in [-0.4, -0.2) is 38.5 Å². The van der Waals surface area contributed by atoms with Crippen molar-refractivity contribution in [1.82, 2.24) is 20.2 Å². The van der Waals surface area contributed by atoms with Crippen molar-refractivity contribution < 1.29 is 13.0 Å².